The highest BCUT2D eigenvalue weighted by Gasteiger charge is 2.22. The summed E-state index contributed by atoms with van der Waals surface area (Å²) >= 11 is 0. The first-order valence-corrected chi connectivity index (χ1v) is 9.74. The predicted octanol–water partition coefficient (Wildman–Crippen LogP) is 4.26. The zero-order valence-electron chi connectivity index (χ0n) is 14.5. The maximum absolute atomic E-state index is 13.2. The molecule has 0 aliphatic heterocycles. The van der Waals surface area contributed by atoms with Gasteiger partial charge in [-0.3, -0.25) is 0 Å². The van der Waals surface area contributed by atoms with Gasteiger partial charge in [0.1, 0.15) is 11.5 Å². The molecule has 0 fully saturated rings. The zero-order chi connectivity index (χ0) is 19.0. The van der Waals surface area contributed by atoms with Crippen molar-refractivity contribution >= 4 is 20.9 Å². The number of hydrogen-bond acceptors (Lipinski definition) is 4. The molecule has 136 valence electrons. The Morgan fingerprint density at radius 3 is 2.30 bits per heavy atom. The highest BCUT2D eigenvalue weighted by molar-refractivity contribution is 7.90. The monoisotopic (exact) mass is 379 g/mol. The van der Waals surface area contributed by atoms with E-state index in [1.54, 1.807) is 55.8 Å². The standard InChI is InChI=1S/C21H17NO4S/c1-26-17-10-7-15(8-11-17)20-14-22(21-12-9-16(23)13-19(20)21)27(24,25)18-5-3-2-4-6-18/h2-14,23H,1H3. The van der Waals surface area contributed by atoms with Crippen molar-refractivity contribution < 1.29 is 18.3 Å². The minimum Gasteiger partial charge on any atom is -0.508 e. The van der Waals surface area contributed by atoms with Gasteiger partial charge >= 0.3 is 0 Å². The summed E-state index contributed by atoms with van der Waals surface area (Å²) in [6, 6.07) is 20.3. The second kappa shape index (κ2) is 6.48. The molecule has 0 radical (unpaired) electrons. The molecule has 4 rings (SSSR count). The molecule has 5 nitrogen and oxygen atoms in total. The van der Waals surface area contributed by atoms with Crippen molar-refractivity contribution in [1.29, 1.82) is 0 Å². The summed E-state index contributed by atoms with van der Waals surface area (Å²) in [7, 11) is -2.18. The van der Waals surface area contributed by atoms with Gasteiger partial charge in [0.25, 0.3) is 10.0 Å². The van der Waals surface area contributed by atoms with Gasteiger partial charge in [0, 0.05) is 17.1 Å². The molecular formula is C21H17NO4S. The van der Waals surface area contributed by atoms with E-state index in [1.807, 2.05) is 24.3 Å². The second-order valence-electron chi connectivity index (χ2n) is 6.09. The number of aromatic hydroxyl groups is 1. The van der Waals surface area contributed by atoms with Crippen LogP contribution in [0.25, 0.3) is 22.0 Å². The Morgan fingerprint density at radius 1 is 0.926 bits per heavy atom. The lowest BCUT2D eigenvalue weighted by Gasteiger charge is -2.07. The van der Waals surface area contributed by atoms with Crippen LogP contribution < -0.4 is 4.74 Å². The maximum atomic E-state index is 13.2. The van der Waals surface area contributed by atoms with E-state index < -0.39 is 10.0 Å². The number of hydrogen-bond donors (Lipinski definition) is 1. The van der Waals surface area contributed by atoms with Gasteiger partial charge in [0.15, 0.2) is 0 Å². The number of ether oxygens (including phenoxy) is 1. The first kappa shape index (κ1) is 17.2. The van der Waals surface area contributed by atoms with Crippen molar-refractivity contribution in [3.8, 4) is 22.6 Å². The van der Waals surface area contributed by atoms with Gasteiger partial charge in [-0.2, -0.15) is 0 Å². The predicted molar refractivity (Wildman–Crippen MR) is 105 cm³/mol. The number of rotatable bonds is 4. The largest absolute Gasteiger partial charge is 0.508 e. The van der Waals surface area contributed by atoms with E-state index in [1.165, 1.54) is 10.0 Å². The van der Waals surface area contributed by atoms with E-state index >= 15 is 0 Å². The van der Waals surface area contributed by atoms with Crippen LogP contribution in [-0.4, -0.2) is 24.6 Å². The van der Waals surface area contributed by atoms with Crippen LogP contribution in [0.3, 0.4) is 0 Å². The van der Waals surface area contributed by atoms with Crippen molar-refractivity contribution in [2.45, 2.75) is 4.90 Å². The van der Waals surface area contributed by atoms with E-state index in [9.17, 15) is 13.5 Å². The summed E-state index contributed by atoms with van der Waals surface area (Å²) in [4.78, 5) is 0.205. The third-order valence-corrected chi connectivity index (χ3v) is 6.14. The number of methoxy groups -OCH3 is 1. The van der Waals surface area contributed by atoms with Gasteiger partial charge in [-0.1, -0.05) is 30.3 Å². The third-order valence-electron chi connectivity index (χ3n) is 4.46. The number of nitrogens with zero attached hydrogens (tertiary/aromatic N) is 1. The number of fused-ring (bicyclic) bond motifs is 1. The number of aromatic nitrogens is 1. The van der Waals surface area contributed by atoms with Crippen LogP contribution in [0.2, 0.25) is 0 Å². The molecule has 1 aromatic heterocycles. The number of phenols is 1. The molecule has 3 aromatic carbocycles. The zero-order valence-corrected chi connectivity index (χ0v) is 15.3. The van der Waals surface area contributed by atoms with Crippen LogP contribution in [0.1, 0.15) is 0 Å². The van der Waals surface area contributed by atoms with Gasteiger partial charge in [-0.05, 0) is 48.0 Å². The molecule has 0 unspecified atom stereocenters. The van der Waals surface area contributed by atoms with Gasteiger partial charge in [-0.15, -0.1) is 0 Å². The second-order valence-corrected chi connectivity index (χ2v) is 7.90. The molecule has 0 aliphatic carbocycles. The summed E-state index contributed by atoms with van der Waals surface area (Å²) in [5.74, 6) is 0.786. The van der Waals surface area contributed by atoms with Gasteiger partial charge in [0.05, 0.1) is 17.5 Å². The van der Waals surface area contributed by atoms with Crippen molar-refractivity contribution in [2.24, 2.45) is 0 Å². The molecule has 0 atom stereocenters. The van der Waals surface area contributed by atoms with Gasteiger partial charge in [0.2, 0.25) is 0 Å². The Labute approximate surface area is 157 Å². The van der Waals surface area contributed by atoms with Crippen LogP contribution in [-0.2, 0) is 10.0 Å². The van der Waals surface area contributed by atoms with Gasteiger partial charge < -0.3 is 9.84 Å². The summed E-state index contributed by atoms with van der Waals surface area (Å²) < 4.78 is 32.8. The quantitative estimate of drug-likeness (QED) is 0.575. The van der Waals surface area contributed by atoms with E-state index in [0.717, 1.165) is 5.56 Å². The lowest BCUT2D eigenvalue weighted by Crippen LogP contribution is -2.11. The highest BCUT2D eigenvalue weighted by atomic mass is 32.2. The molecule has 0 spiro atoms. The van der Waals surface area contributed by atoms with E-state index in [-0.39, 0.29) is 10.6 Å². The molecule has 0 bridgehead atoms. The topological polar surface area (TPSA) is 68.5 Å². The Bertz CT molecular complexity index is 1210. The minimum absolute atomic E-state index is 0.0760. The summed E-state index contributed by atoms with van der Waals surface area (Å²) in [5, 5.41) is 10.6. The first-order valence-electron chi connectivity index (χ1n) is 8.30. The molecule has 1 heterocycles. The van der Waals surface area contributed by atoms with E-state index in [0.29, 0.717) is 22.2 Å². The van der Waals surface area contributed by atoms with Crippen LogP contribution in [0.15, 0.2) is 83.9 Å². The molecule has 0 saturated carbocycles. The average molecular weight is 379 g/mol. The molecule has 0 saturated heterocycles. The molecule has 27 heavy (non-hydrogen) atoms. The molecular weight excluding hydrogens is 362 g/mol. The minimum atomic E-state index is -3.77. The molecule has 4 aromatic rings. The van der Waals surface area contributed by atoms with E-state index in [4.69, 9.17) is 4.74 Å². The Balaban J connectivity index is 1.98. The summed E-state index contributed by atoms with van der Waals surface area (Å²) in [5.41, 5.74) is 2.04. The van der Waals surface area contributed by atoms with Crippen LogP contribution in [0, 0.1) is 0 Å². The maximum Gasteiger partial charge on any atom is 0.268 e. The van der Waals surface area contributed by atoms with Gasteiger partial charge in [-0.25, -0.2) is 12.4 Å². The fourth-order valence-corrected chi connectivity index (χ4v) is 4.48. The molecule has 0 amide bonds. The third kappa shape index (κ3) is 2.94. The fourth-order valence-electron chi connectivity index (χ4n) is 3.09. The molecule has 0 aliphatic rings. The van der Waals surface area contributed by atoms with E-state index in [2.05, 4.69) is 0 Å². The number of phenolic OH excluding ortho intramolecular Hbond substituents is 1. The fraction of sp³-hybridized carbons (Fsp3) is 0.0476. The van der Waals surface area contributed by atoms with Crippen LogP contribution in [0.5, 0.6) is 11.5 Å². The highest BCUT2D eigenvalue weighted by Crippen LogP contribution is 2.35. The van der Waals surface area contributed by atoms with Crippen LogP contribution in [0.4, 0.5) is 0 Å². The lowest BCUT2D eigenvalue weighted by molar-refractivity contribution is 0.415. The number of benzene rings is 3. The SMILES string of the molecule is COc1ccc(-c2cn(S(=O)(=O)c3ccccc3)c3ccc(O)cc23)cc1. The Morgan fingerprint density at radius 2 is 1.63 bits per heavy atom. The normalized spacial score (nSPS) is 11.6. The van der Waals surface area contributed by atoms with Crippen LogP contribution >= 0.6 is 0 Å². The van der Waals surface area contributed by atoms with Crippen molar-refractivity contribution in [3.63, 3.8) is 0 Å². The average Bonchev–Trinajstić information content (AvgIpc) is 3.08. The Hall–Kier alpha value is -3.25. The smallest absolute Gasteiger partial charge is 0.268 e. The summed E-state index contributed by atoms with van der Waals surface area (Å²) in [6.07, 6.45) is 1.59. The summed E-state index contributed by atoms with van der Waals surface area (Å²) in [6.45, 7) is 0. The van der Waals surface area contributed by atoms with Crippen molar-refractivity contribution in [1.82, 2.24) is 3.97 Å². The molecule has 6 heteroatoms. The Kier molecular flexibility index (Phi) is 4.12. The lowest BCUT2D eigenvalue weighted by atomic mass is 10.0. The van der Waals surface area contributed by atoms with Crippen molar-refractivity contribution in [3.05, 3.63) is 79.0 Å². The van der Waals surface area contributed by atoms with Crippen molar-refractivity contribution in [2.75, 3.05) is 7.11 Å². The first-order chi connectivity index (χ1) is 13.0. The molecule has 1 N–H and O–H groups in total.